The summed E-state index contributed by atoms with van der Waals surface area (Å²) in [4.78, 5) is 14.9. The second kappa shape index (κ2) is 9.34. The van der Waals surface area contributed by atoms with Crippen LogP contribution in [0.2, 0.25) is 0 Å². The van der Waals surface area contributed by atoms with Crippen molar-refractivity contribution >= 4 is 5.91 Å². The summed E-state index contributed by atoms with van der Waals surface area (Å²) < 4.78 is 19.1. The molecule has 7 nitrogen and oxygen atoms in total. The average Bonchev–Trinajstić information content (AvgIpc) is 2.99. The first-order valence-electron chi connectivity index (χ1n) is 10.8. The molecular weight excluding hydrogens is 406 g/mol. The molecule has 1 aliphatic heterocycles. The number of amides is 1. The minimum atomic E-state index is 0.0793. The van der Waals surface area contributed by atoms with E-state index in [9.17, 15) is 4.79 Å². The van der Waals surface area contributed by atoms with Crippen LogP contribution >= 0.6 is 0 Å². The van der Waals surface area contributed by atoms with Crippen molar-refractivity contribution in [2.24, 2.45) is 0 Å². The zero-order chi connectivity index (χ0) is 22.7. The van der Waals surface area contributed by atoms with Gasteiger partial charge in [-0.25, -0.2) is 0 Å². The molecule has 2 heterocycles. The third-order valence-corrected chi connectivity index (χ3v) is 5.73. The molecule has 1 amide bonds. The number of methoxy groups -OCH3 is 2. The van der Waals surface area contributed by atoms with Crippen molar-refractivity contribution in [1.82, 2.24) is 14.7 Å². The quantitative estimate of drug-likeness (QED) is 0.586. The molecule has 0 spiro atoms. The smallest absolute Gasteiger partial charge is 0.224 e. The van der Waals surface area contributed by atoms with E-state index in [0.717, 1.165) is 33.8 Å². The van der Waals surface area contributed by atoms with Gasteiger partial charge in [0.05, 0.1) is 26.5 Å². The number of benzene rings is 2. The number of carbonyl (C=O) groups is 1. The van der Waals surface area contributed by atoms with E-state index >= 15 is 0 Å². The van der Waals surface area contributed by atoms with Gasteiger partial charge in [0, 0.05) is 36.3 Å². The molecule has 2 aromatic carbocycles. The van der Waals surface area contributed by atoms with E-state index in [2.05, 4.69) is 11.2 Å². The molecule has 4 rings (SSSR count). The molecule has 1 aliphatic rings. The lowest BCUT2D eigenvalue weighted by molar-refractivity contribution is -0.132. The Kier molecular flexibility index (Phi) is 6.35. The van der Waals surface area contributed by atoms with Crippen LogP contribution in [0.15, 0.2) is 42.5 Å². The van der Waals surface area contributed by atoms with Crippen molar-refractivity contribution < 1.29 is 19.0 Å². The molecule has 1 aromatic heterocycles. The molecule has 0 fully saturated rings. The maximum atomic E-state index is 13.0. The summed E-state index contributed by atoms with van der Waals surface area (Å²) in [6.45, 7) is 5.94. The Hall–Kier alpha value is -3.48. The zero-order valence-corrected chi connectivity index (χ0v) is 19.1. The van der Waals surface area contributed by atoms with Gasteiger partial charge in [-0.2, -0.15) is 5.10 Å². The third kappa shape index (κ3) is 4.42. The number of rotatable bonds is 6. The predicted molar refractivity (Wildman–Crippen MR) is 122 cm³/mol. The lowest BCUT2D eigenvalue weighted by Crippen LogP contribution is -2.33. The Balaban J connectivity index is 1.59. The van der Waals surface area contributed by atoms with E-state index in [1.54, 1.807) is 14.2 Å². The van der Waals surface area contributed by atoms with Gasteiger partial charge in [0.15, 0.2) is 11.5 Å². The Labute approximate surface area is 188 Å². The van der Waals surface area contributed by atoms with Gasteiger partial charge in [-0.05, 0) is 43.7 Å². The number of ether oxygens (including phenoxy) is 3. The summed E-state index contributed by atoms with van der Waals surface area (Å²) in [6.07, 6.45) is 0.390. The Bertz CT molecular complexity index is 1120. The van der Waals surface area contributed by atoms with Crippen molar-refractivity contribution in [3.63, 3.8) is 0 Å². The monoisotopic (exact) mass is 435 g/mol. The summed E-state index contributed by atoms with van der Waals surface area (Å²) in [5.74, 6) is 2.21. The molecule has 0 bridgehead atoms. The van der Waals surface area contributed by atoms with E-state index in [4.69, 9.17) is 14.2 Å². The number of para-hydroxylation sites is 1. The highest BCUT2D eigenvalue weighted by molar-refractivity contribution is 5.77. The lowest BCUT2D eigenvalue weighted by atomic mass is 10.0. The zero-order valence-electron chi connectivity index (χ0n) is 19.1. The van der Waals surface area contributed by atoms with Crippen molar-refractivity contribution in [3.05, 3.63) is 59.4 Å². The first-order chi connectivity index (χ1) is 15.5. The van der Waals surface area contributed by atoms with Crippen molar-refractivity contribution in [2.45, 2.75) is 33.4 Å². The van der Waals surface area contributed by atoms with Crippen LogP contribution in [0.4, 0.5) is 0 Å². The Morgan fingerprint density at radius 2 is 1.88 bits per heavy atom. The minimum absolute atomic E-state index is 0.0793. The number of aryl methyl sites for hydroxylation is 3. The van der Waals surface area contributed by atoms with Gasteiger partial charge in [0.1, 0.15) is 12.4 Å². The predicted octanol–water partition coefficient (Wildman–Crippen LogP) is 4.00. The molecule has 0 atom stereocenters. The summed E-state index contributed by atoms with van der Waals surface area (Å²) in [6, 6.07) is 13.9. The SMILES string of the molecule is COc1ccccc1-c1cc2c(c(OC)c1)OCCN(C(=O)CCn1nc(C)cc1C)C2. The van der Waals surface area contributed by atoms with Crippen LogP contribution < -0.4 is 14.2 Å². The van der Waals surface area contributed by atoms with E-state index < -0.39 is 0 Å². The third-order valence-electron chi connectivity index (χ3n) is 5.73. The number of hydrogen-bond acceptors (Lipinski definition) is 5. The average molecular weight is 436 g/mol. The largest absolute Gasteiger partial charge is 0.496 e. The second-order valence-corrected chi connectivity index (χ2v) is 7.93. The van der Waals surface area contributed by atoms with Crippen LogP contribution in [0.3, 0.4) is 0 Å². The molecule has 32 heavy (non-hydrogen) atoms. The first kappa shape index (κ1) is 21.7. The fraction of sp³-hybridized carbons (Fsp3) is 0.360. The highest BCUT2D eigenvalue weighted by Crippen LogP contribution is 2.40. The number of carbonyl (C=O) groups excluding carboxylic acids is 1. The topological polar surface area (TPSA) is 65.8 Å². The van der Waals surface area contributed by atoms with Crippen LogP contribution in [0, 0.1) is 13.8 Å². The highest BCUT2D eigenvalue weighted by atomic mass is 16.5. The molecule has 7 heteroatoms. The van der Waals surface area contributed by atoms with Crippen molar-refractivity contribution in [1.29, 1.82) is 0 Å². The molecule has 0 aliphatic carbocycles. The van der Waals surface area contributed by atoms with Crippen LogP contribution in [0.25, 0.3) is 11.1 Å². The maximum Gasteiger partial charge on any atom is 0.224 e. The summed E-state index contributed by atoms with van der Waals surface area (Å²) in [7, 11) is 3.29. The summed E-state index contributed by atoms with van der Waals surface area (Å²) in [5, 5.41) is 4.46. The number of nitrogens with zero attached hydrogens (tertiary/aromatic N) is 3. The normalized spacial score (nSPS) is 13.2. The number of aromatic nitrogens is 2. The Morgan fingerprint density at radius 1 is 1.09 bits per heavy atom. The maximum absolute atomic E-state index is 13.0. The summed E-state index contributed by atoms with van der Waals surface area (Å²) >= 11 is 0. The molecule has 168 valence electrons. The standard InChI is InChI=1S/C25H29N3O4/c1-17-13-18(2)28(26-17)10-9-24(29)27-11-12-32-25-20(16-27)14-19(15-23(25)31-4)21-7-5-6-8-22(21)30-3/h5-8,13-15H,9-12,16H2,1-4H3. The van der Waals surface area contributed by atoms with E-state index in [0.29, 0.717) is 44.2 Å². The number of hydrogen-bond donors (Lipinski definition) is 0. The van der Waals surface area contributed by atoms with Crippen LogP contribution in [-0.2, 0) is 17.9 Å². The van der Waals surface area contributed by atoms with Crippen LogP contribution in [0.1, 0.15) is 23.4 Å². The van der Waals surface area contributed by atoms with Gasteiger partial charge < -0.3 is 19.1 Å². The first-order valence-corrected chi connectivity index (χ1v) is 10.8. The second-order valence-electron chi connectivity index (χ2n) is 7.93. The summed E-state index contributed by atoms with van der Waals surface area (Å²) in [5.41, 5.74) is 4.86. The van der Waals surface area contributed by atoms with Crippen molar-refractivity contribution in [2.75, 3.05) is 27.4 Å². The molecule has 0 saturated heterocycles. The Morgan fingerprint density at radius 3 is 2.59 bits per heavy atom. The highest BCUT2D eigenvalue weighted by Gasteiger charge is 2.24. The molecule has 0 unspecified atom stereocenters. The van der Waals surface area contributed by atoms with Gasteiger partial charge in [0.2, 0.25) is 5.91 Å². The molecule has 0 N–H and O–H groups in total. The van der Waals surface area contributed by atoms with Gasteiger partial charge >= 0.3 is 0 Å². The molecular formula is C25H29N3O4. The van der Waals surface area contributed by atoms with Gasteiger partial charge in [-0.3, -0.25) is 9.48 Å². The molecule has 0 saturated carbocycles. The van der Waals surface area contributed by atoms with Gasteiger partial charge in [-0.15, -0.1) is 0 Å². The fourth-order valence-corrected chi connectivity index (χ4v) is 4.15. The minimum Gasteiger partial charge on any atom is -0.496 e. The lowest BCUT2D eigenvalue weighted by Gasteiger charge is -2.20. The molecule has 0 radical (unpaired) electrons. The van der Waals surface area contributed by atoms with Crippen molar-refractivity contribution in [3.8, 4) is 28.4 Å². The van der Waals surface area contributed by atoms with Crippen LogP contribution in [-0.4, -0.2) is 48.0 Å². The van der Waals surface area contributed by atoms with Gasteiger partial charge in [-0.1, -0.05) is 18.2 Å². The number of fused-ring (bicyclic) bond motifs is 1. The van der Waals surface area contributed by atoms with E-state index in [1.807, 2.05) is 59.8 Å². The fourth-order valence-electron chi connectivity index (χ4n) is 4.15. The van der Waals surface area contributed by atoms with Gasteiger partial charge in [0.25, 0.3) is 0 Å². The van der Waals surface area contributed by atoms with Crippen LogP contribution in [0.5, 0.6) is 17.2 Å². The van der Waals surface area contributed by atoms with E-state index in [-0.39, 0.29) is 5.91 Å². The molecule has 3 aromatic rings. The van der Waals surface area contributed by atoms with E-state index in [1.165, 1.54) is 0 Å².